The molecule has 25 heavy (non-hydrogen) atoms. The number of hydrogen-bond donors (Lipinski definition) is 1. The van der Waals surface area contributed by atoms with Crippen LogP contribution in [0.5, 0.6) is 5.75 Å². The van der Waals surface area contributed by atoms with Crippen LogP contribution in [0.3, 0.4) is 0 Å². The first-order chi connectivity index (χ1) is 11.9. The lowest BCUT2D eigenvalue weighted by Gasteiger charge is -2.26. The van der Waals surface area contributed by atoms with Crippen molar-refractivity contribution in [3.8, 4) is 5.75 Å². The van der Waals surface area contributed by atoms with Crippen LogP contribution in [0.15, 0.2) is 48.5 Å². The van der Waals surface area contributed by atoms with Gasteiger partial charge >= 0.3 is 0 Å². The summed E-state index contributed by atoms with van der Waals surface area (Å²) in [5.41, 5.74) is 1.11. The van der Waals surface area contributed by atoms with Crippen molar-refractivity contribution >= 4 is 17.5 Å². The highest BCUT2D eigenvalue weighted by molar-refractivity contribution is 6.32. The molecule has 0 aromatic heterocycles. The van der Waals surface area contributed by atoms with Crippen LogP contribution in [0.4, 0.5) is 4.39 Å². The number of ether oxygens (including phenoxy) is 1. The number of amides is 1. The Morgan fingerprint density at radius 2 is 1.92 bits per heavy atom. The largest absolute Gasteiger partial charge is 0.479 e. The summed E-state index contributed by atoms with van der Waals surface area (Å²) in [4.78, 5) is 14.4. The molecular formula is C19H22ClFN2O2. The molecule has 6 heteroatoms. The molecule has 0 bridgehead atoms. The predicted molar refractivity (Wildman–Crippen MR) is 97.4 cm³/mol. The third-order valence-electron chi connectivity index (χ3n) is 3.84. The summed E-state index contributed by atoms with van der Waals surface area (Å²) in [5, 5.41) is 3.03. The van der Waals surface area contributed by atoms with Gasteiger partial charge < -0.3 is 15.0 Å². The number of nitrogens with zero attached hydrogens (tertiary/aromatic N) is 1. The van der Waals surface area contributed by atoms with Crippen LogP contribution < -0.4 is 10.1 Å². The lowest BCUT2D eigenvalue weighted by Crippen LogP contribution is -2.41. The minimum Gasteiger partial charge on any atom is -0.479 e. The zero-order valence-corrected chi connectivity index (χ0v) is 15.3. The lowest BCUT2D eigenvalue weighted by atomic mass is 10.1. The van der Waals surface area contributed by atoms with E-state index in [2.05, 4.69) is 5.32 Å². The van der Waals surface area contributed by atoms with Crippen molar-refractivity contribution in [1.29, 1.82) is 0 Å². The summed E-state index contributed by atoms with van der Waals surface area (Å²) >= 11 is 5.92. The molecule has 0 saturated carbocycles. The van der Waals surface area contributed by atoms with E-state index in [4.69, 9.17) is 16.3 Å². The van der Waals surface area contributed by atoms with Gasteiger partial charge in [-0.3, -0.25) is 4.79 Å². The van der Waals surface area contributed by atoms with E-state index in [1.54, 1.807) is 6.92 Å². The molecule has 0 aliphatic rings. The predicted octanol–water partition coefficient (Wildman–Crippen LogP) is 3.67. The van der Waals surface area contributed by atoms with Gasteiger partial charge in [0, 0.05) is 6.54 Å². The Morgan fingerprint density at radius 1 is 1.24 bits per heavy atom. The number of nitrogens with one attached hydrogen (secondary N) is 1. The maximum Gasteiger partial charge on any atom is 0.260 e. The first-order valence-corrected chi connectivity index (χ1v) is 8.37. The second-order valence-corrected chi connectivity index (χ2v) is 6.38. The van der Waals surface area contributed by atoms with Gasteiger partial charge in [-0.05, 0) is 44.8 Å². The van der Waals surface area contributed by atoms with Crippen LogP contribution >= 0.6 is 11.6 Å². The number of likely N-dealkylation sites (N-methyl/N-ethyl adjacent to an activating group) is 1. The van der Waals surface area contributed by atoms with Crippen LogP contribution in [-0.2, 0) is 4.79 Å². The number of carbonyl (C=O) groups excluding carboxylic acids is 1. The summed E-state index contributed by atoms with van der Waals surface area (Å²) in [6, 6.07) is 13.8. The van der Waals surface area contributed by atoms with Crippen molar-refractivity contribution in [2.75, 3.05) is 20.6 Å². The SMILES string of the molecule is CC(Oc1ccc(F)cc1Cl)C(=O)NCC(c1ccccc1)N(C)C. The molecule has 2 unspecified atom stereocenters. The molecule has 134 valence electrons. The van der Waals surface area contributed by atoms with E-state index in [-0.39, 0.29) is 22.7 Å². The van der Waals surface area contributed by atoms with Crippen molar-refractivity contribution < 1.29 is 13.9 Å². The van der Waals surface area contributed by atoms with E-state index >= 15 is 0 Å². The van der Waals surface area contributed by atoms with E-state index in [1.165, 1.54) is 12.1 Å². The van der Waals surface area contributed by atoms with Crippen LogP contribution in [0.25, 0.3) is 0 Å². The van der Waals surface area contributed by atoms with Crippen LogP contribution in [0.1, 0.15) is 18.5 Å². The number of halogens is 2. The molecule has 1 N–H and O–H groups in total. The maximum absolute atomic E-state index is 13.1. The van der Waals surface area contributed by atoms with Gasteiger partial charge in [-0.2, -0.15) is 0 Å². The summed E-state index contributed by atoms with van der Waals surface area (Å²) in [5.74, 6) is -0.438. The fourth-order valence-electron chi connectivity index (χ4n) is 2.43. The Labute approximate surface area is 152 Å². The highest BCUT2D eigenvalue weighted by Crippen LogP contribution is 2.26. The topological polar surface area (TPSA) is 41.6 Å². The van der Waals surface area contributed by atoms with Gasteiger partial charge in [0.15, 0.2) is 6.10 Å². The molecular weight excluding hydrogens is 343 g/mol. The number of benzene rings is 2. The highest BCUT2D eigenvalue weighted by Gasteiger charge is 2.19. The fourth-order valence-corrected chi connectivity index (χ4v) is 2.64. The van der Waals surface area contributed by atoms with E-state index in [0.29, 0.717) is 6.54 Å². The first kappa shape index (κ1) is 19.2. The lowest BCUT2D eigenvalue weighted by molar-refractivity contribution is -0.127. The second-order valence-electron chi connectivity index (χ2n) is 5.97. The molecule has 2 rings (SSSR count). The van der Waals surface area contributed by atoms with Crippen molar-refractivity contribution in [1.82, 2.24) is 10.2 Å². The third kappa shape index (κ3) is 5.44. The van der Waals surface area contributed by atoms with Gasteiger partial charge in [0.1, 0.15) is 11.6 Å². The Balaban J connectivity index is 1.96. The van der Waals surface area contributed by atoms with Gasteiger partial charge in [0.05, 0.1) is 11.1 Å². The average molecular weight is 365 g/mol. The van der Waals surface area contributed by atoms with Crippen molar-refractivity contribution in [3.63, 3.8) is 0 Å². The number of rotatable bonds is 7. The summed E-state index contributed by atoms with van der Waals surface area (Å²) < 4.78 is 18.6. The molecule has 0 radical (unpaired) electrons. The summed E-state index contributed by atoms with van der Waals surface area (Å²) in [6.45, 7) is 2.07. The summed E-state index contributed by atoms with van der Waals surface area (Å²) in [7, 11) is 3.92. The highest BCUT2D eigenvalue weighted by atomic mass is 35.5. The molecule has 0 aliphatic carbocycles. The summed E-state index contributed by atoms with van der Waals surface area (Å²) in [6.07, 6.45) is -0.749. The molecule has 4 nitrogen and oxygen atoms in total. The molecule has 2 aromatic carbocycles. The Morgan fingerprint density at radius 3 is 2.52 bits per heavy atom. The van der Waals surface area contributed by atoms with Gasteiger partial charge in [-0.25, -0.2) is 4.39 Å². The Bertz CT molecular complexity index is 710. The second kappa shape index (κ2) is 8.83. The van der Waals surface area contributed by atoms with E-state index in [9.17, 15) is 9.18 Å². The molecule has 0 saturated heterocycles. The quantitative estimate of drug-likeness (QED) is 0.815. The zero-order chi connectivity index (χ0) is 18.4. The van der Waals surface area contributed by atoms with Crippen molar-refractivity contribution in [3.05, 3.63) is 64.9 Å². The number of hydrogen-bond acceptors (Lipinski definition) is 3. The van der Waals surface area contributed by atoms with Gasteiger partial charge in [-0.15, -0.1) is 0 Å². The van der Waals surface area contributed by atoms with E-state index < -0.39 is 11.9 Å². The molecule has 2 aromatic rings. The van der Waals surface area contributed by atoms with Crippen LogP contribution in [0.2, 0.25) is 5.02 Å². The molecule has 2 atom stereocenters. The van der Waals surface area contributed by atoms with E-state index in [1.807, 2.05) is 49.3 Å². The smallest absolute Gasteiger partial charge is 0.260 e. The zero-order valence-electron chi connectivity index (χ0n) is 14.5. The average Bonchev–Trinajstić information content (AvgIpc) is 2.58. The standard InChI is InChI=1S/C19H22ClFN2O2/c1-13(25-18-10-9-15(21)11-16(18)20)19(24)22-12-17(23(2)3)14-7-5-4-6-8-14/h4-11,13,17H,12H2,1-3H3,(H,22,24). The first-order valence-electron chi connectivity index (χ1n) is 7.99. The van der Waals surface area contributed by atoms with E-state index in [0.717, 1.165) is 11.6 Å². The maximum atomic E-state index is 13.1. The Kier molecular flexibility index (Phi) is 6.79. The van der Waals surface area contributed by atoms with Gasteiger partial charge in [0.25, 0.3) is 5.91 Å². The van der Waals surface area contributed by atoms with Crippen LogP contribution in [-0.4, -0.2) is 37.6 Å². The normalized spacial score (nSPS) is 13.4. The number of carbonyl (C=O) groups is 1. The van der Waals surface area contributed by atoms with Crippen LogP contribution in [0, 0.1) is 5.82 Å². The molecule has 0 aliphatic heterocycles. The minimum atomic E-state index is -0.749. The molecule has 1 amide bonds. The van der Waals surface area contributed by atoms with Crippen molar-refractivity contribution in [2.45, 2.75) is 19.1 Å². The third-order valence-corrected chi connectivity index (χ3v) is 4.14. The van der Waals surface area contributed by atoms with Crippen molar-refractivity contribution in [2.24, 2.45) is 0 Å². The fraction of sp³-hybridized carbons (Fsp3) is 0.316. The molecule has 0 spiro atoms. The Hall–Kier alpha value is -2.11. The monoisotopic (exact) mass is 364 g/mol. The van der Waals surface area contributed by atoms with Gasteiger partial charge in [-0.1, -0.05) is 41.9 Å². The van der Waals surface area contributed by atoms with Gasteiger partial charge in [0.2, 0.25) is 0 Å². The molecule has 0 fully saturated rings. The molecule has 0 heterocycles. The minimum absolute atomic E-state index is 0.0479.